The number of ether oxygens (including phenoxy) is 1. The summed E-state index contributed by atoms with van der Waals surface area (Å²) >= 11 is 0. The van der Waals surface area contributed by atoms with Gasteiger partial charge in [0.2, 0.25) is 0 Å². The molecule has 194 valence electrons. The predicted octanol–water partition coefficient (Wildman–Crippen LogP) is 9.83. The van der Waals surface area contributed by atoms with Gasteiger partial charge in [-0.05, 0) is 65.3 Å². The van der Waals surface area contributed by atoms with Crippen molar-refractivity contribution in [1.82, 2.24) is 0 Å². The summed E-state index contributed by atoms with van der Waals surface area (Å²) in [6.07, 6.45) is 5.33. The fourth-order valence-corrected chi connectivity index (χ4v) is 5.62. The Morgan fingerprint density at radius 3 is 2.03 bits per heavy atom. The molecule has 0 spiro atoms. The van der Waals surface area contributed by atoms with Crippen LogP contribution in [-0.2, 0) is 10.9 Å². The van der Waals surface area contributed by atoms with Gasteiger partial charge in [-0.2, -0.15) is 13.2 Å². The van der Waals surface area contributed by atoms with Gasteiger partial charge in [0, 0.05) is 5.56 Å². The zero-order chi connectivity index (χ0) is 26.0. The maximum absolute atomic E-state index is 14.6. The molecule has 2 aliphatic rings. The van der Waals surface area contributed by atoms with Crippen LogP contribution >= 0.6 is 0 Å². The highest BCUT2D eigenvalue weighted by atomic mass is 19.4. The minimum Gasteiger partial charge on any atom is -0.368 e. The van der Waals surface area contributed by atoms with Crippen molar-refractivity contribution < 1.29 is 22.3 Å². The highest BCUT2D eigenvalue weighted by Gasteiger charge is 2.40. The fraction of sp³-hybridized carbons (Fsp3) is 0.375. The molecule has 1 aliphatic heterocycles. The summed E-state index contributed by atoms with van der Waals surface area (Å²) in [5.74, 6) is 0.292. The van der Waals surface area contributed by atoms with Gasteiger partial charge in [-0.25, -0.2) is 4.39 Å². The minimum absolute atomic E-state index is 0.0379. The lowest BCUT2D eigenvalue weighted by molar-refractivity contribution is -0.140. The summed E-state index contributed by atoms with van der Waals surface area (Å²) in [5, 5.41) is 0. The number of hydrogen-bond acceptors (Lipinski definition) is 1. The lowest BCUT2D eigenvalue weighted by atomic mass is 9.77. The lowest BCUT2D eigenvalue weighted by Crippen LogP contribution is -2.13. The van der Waals surface area contributed by atoms with Gasteiger partial charge in [0.1, 0.15) is 11.9 Å². The van der Waals surface area contributed by atoms with E-state index in [0.717, 1.165) is 22.6 Å². The molecule has 0 aromatic heterocycles. The van der Waals surface area contributed by atoms with Crippen LogP contribution in [0.25, 0.3) is 23.3 Å². The van der Waals surface area contributed by atoms with E-state index in [2.05, 4.69) is 31.2 Å². The average Bonchev–Trinajstić information content (AvgIpc) is 3.73. The zero-order valence-corrected chi connectivity index (χ0v) is 21.0. The maximum atomic E-state index is 14.6. The van der Waals surface area contributed by atoms with Crippen LogP contribution in [0.2, 0.25) is 0 Å². The summed E-state index contributed by atoms with van der Waals surface area (Å²) < 4.78 is 60.5. The minimum atomic E-state index is -4.79. The topological polar surface area (TPSA) is 12.5 Å². The van der Waals surface area contributed by atoms with Gasteiger partial charge in [0.05, 0.1) is 12.2 Å². The third kappa shape index (κ3) is 5.98. The Hall–Kier alpha value is -2.92. The van der Waals surface area contributed by atoms with Crippen molar-refractivity contribution in [3.8, 4) is 11.1 Å². The molecule has 0 radical (unpaired) electrons. The monoisotopic (exact) mass is 508 g/mol. The number of benzene rings is 3. The number of rotatable bonds is 7. The van der Waals surface area contributed by atoms with Gasteiger partial charge in [-0.1, -0.05) is 92.6 Å². The Bertz CT molecular complexity index is 1230. The molecule has 1 aliphatic carbocycles. The van der Waals surface area contributed by atoms with Crippen LogP contribution in [-0.4, -0.2) is 6.61 Å². The number of alkyl halides is 3. The van der Waals surface area contributed by atoms with Crippen LogP contribution in [0.1, 0.15) is 85.3 Å². The Kier molecular flexibility index (Phi) is 7.52. The van der Waals surface area contributed by atoms with E-state index < -0.39 is 23.7 Å². The second-order valence-corrected chi connectivity index (χ2v) is 10.3. The second-order valence-electron chi connectivity index (χ2n) is 10.3. The molecule has 3 aromatic carbocycles. The van der Waals surface area contributed by atoms with E-state index in [-0.39, 0.29) is 17.7 Å². The zero-order valence-electron chi connectivity index (χ0n) is 21.0. The van der Waals surface area contributed by atoms with E-state index in [1.54, 1.807) is 6.08 Å². The first kappa shape index (κ1) is 25.7. The van der Waals surface area contributed by atoms with Crippen molar-refractivity contribution in [2.75, 3.05) is 6.61 Å². The molecule has 3 aromatic rings. The average molecular weight is 509 g/mol. The van der Waals surface area contributed by atoms with E-state index in [0.29, 0.717) is 5.92 Å². The van der Waals surface area contributed by atoms with Gasteiger partial charge in [-0.3, -0.25) is 0 Å². The van der Waals surface area contributed by atoms with E-state index in [9.17, 15) is 17.6 Å². The van der Waals surface area contributed by atoms with E-state index >= 15 is 0 Å². The second kappa shape index (κ2) is 10.8. The molecule has 1 unspecified atom stereocenters. The molecular weight excluding hydrogens is 476 g/mol. The largest absolute Gasteiger partial charge is 0.419 e. The molecule has 0 bridgehead atoms. The summed E-state index contributed by atoms with van der Waals surface area (Å²) in [4.78, 5) is 0. The number of halogens is 4. The summed E-state index contributed by atoms with van der Waals surface area (Å²) in [6, 6.07) is 19.1. The van der Waals surface area contributed by atoms with Crippen molar-refractivity contribution in [2.24, 2.45) is 5.92 Å². The Balaban J connectivity index is 1.27. The van der Waals surface area contributed by atoms with E-state index in [1.807, 2.05) is 24.3 Å². The fourth-order valence-electron chi connectivity index (χ4n) is 5.62. The first-order valence-electron chi connectivity index (χ1n) is 13.2. The Morgan fingerprint density at radius 1 is 0.838 bits per heavy atom. The van der Waals surface area contributed by atoms with Crippen molar-refractivity contribution >= 4 is 12.2 Å². The third-order valence-corrected chi connectivity index (χ3v) is 7.79. The SMILES string of the molecule is CCCC1CCC(c2ccc(-c3ccc(/C=C/c4ccc(C5CO5)c(F)c4C(F)(F)F)cc3)cc2)CC1. The van der Waals surface area contributed by atoms with E-state index in [1.165, 1.54) is 62.3 Å². The molecule has 1 saturated carbocycles. The van der Waals surface area contributed by atoms with Gasteiger partial charge < -0.3 is 4.74 Å². The van der Waals surface area contributed by atoms with Gasteiger partial charge in [0.25, 0.3) is 0 Å². The predicted molar refractivity (Wildman–Crippen MR) is 141 cm³/mol. The van der Waals surface area contributed by atoms with Crippen LogP contribution in [0.3, 0.4) is 0 Å². The van der Waals surface area contributed by atoms with Crippen LogP contribution in [0.15, 0.2) is 60.7 Å². The Morgan fingerprint density at radius 2 is 1.46 bits per heavy atom. The molecule has 2 fully saturated rings. The maximum Gasteiger partial charge on any atom is 0.419 e. The molecule has 37 heavy (non-hydrogen) atoms. The molecular formula is C32H32F4O. The molecule has 5 rings (SSSR count). The molecule has 1 nitrogen and oxygen atoms in total. The highest BCUT2D eigenvalue weighted by molar-refractivity contribution is 5.74. The highest BCUT2D eigenvalue weighted by Crippen LogP contribution is 2.41. The third-order valence-electron chi connectivity index (χ3n) is 7.79. The molecule has 1 heterocycles. The summed E-state index contributed by atoms with van der Waals surface area (Å²) in [6.45, 7) is 2.51. The van der Waals surface area contributed by atoms with Crippen LogP contribution < -0.4 is 0 Å². The van der Waals surface area contributed by atoms with Gasteiger partial charge in [0.15, 0.2) is 0 Å². The molecule has 1 saturated heterocycles. The molecule has 0 amide bonds. The van der Waals surface area contributed by atoms with E-state index in [4.69, 9.17) is 4.74 Å². The van der Waals surface area contributed by atoms with Gasteiger partial charge in [-0.15, -0.1) is 0 Å². The lowest BCUT2D eigenvalue weighted by Gasteiger charge is -2.28. The Labute approximate surface area is 216 Å². The van der Waals surface area contributed by atoms with Crippen molar-refractivity contribution in [3.05, 3.63) is 94.3 Å². The van der Waals surface area contributed by atoms with Crippen LogP contribution in [0, 0.1) is 11.7 Å². The standard InChI is InChI=1S/C32H32F4O/c1-2-3-21-4-9-23(10-5-21)25-14-16-26(17-15-25)24-11-6-22(7-12-24)8-13-27-18-19-28(29-20-37-29)31(33)30(27)32(34,35)36/h6-8,11-19,21,23,29H,2-5,9-10,20H2,1H3/b13-8+. The first-order valence-corrected chi connectivity index (χ1v) is 13.2. The normalized spacial score (nSPS) is 21.9. The van der Waals surface area contributed by atoms with Crippen molar-refractivity contribution in [2.45, 2.75) is 63.6 Å². The van der Waals surface area contributed by atoms with Crippen molar-refractivity contribution in [1.29, 1.82) is 0 Å². The first-order chi connectivity index (χ1) is 17.8. The van der Waals surface area contributed by atoms with Crippen molar-refractivity contribution in [3.63, 3.8) is 0 Å². The summed E-state index contributed by atoms with van der Waals surface area (Å²) in [5.41, 5.74) is 2.83. The molecule has 1 atom stereocenters. The number of epoxide rings is 1. The quantitative estimate of drug-likeness (QED) is 0.176. The number of hydrogen-bond donors (Lipinski definition) is 0. The van der Waals surface area contributed by atoms with Crippen LogP contribution in [0.4, 0.5) is 17.6 Å². The molecule has 0 N–H and O–H groups in total. The smallest absolute Gasteiger partial charge is 0.368 e. The van der Waals surface area contributed by atoms with Gasteiger partial charge >= 0.3 is 6.18 Å². The molecule has 5 heteroatoms. The van der Waals surface area contributed by atoms with Crippen LogP contribution in [0.5, 0.6) is 0 Å². The summed E-state index contributed by atoms with van der Waals surface area (Å²) in [7, 11) is 0.